The highest BCUT2D eigenvalue weighted by atomic mass is 35.5. The predicted molar refractivity (Wildman–Crippen MR) is 117 cm³/mol. The zero-order valence-electron chi connectivity index (χ0n) is 16.6. The first-order valence-corrected chi connectivity index (χ1v) is 11.1. The minimum Gasteiger partial charge on any atom is -0.496 e. The zero-order chi connectivity index (χ0) is 20.4. The minimum atomic E-state index is -0.316. The Hall–Kier alpha value is -1.85. The molecule has 0 aliphatic heterocycles. The van der Waals surface area contributed by atoms with E-state index in [2.05, 4.69) is 12.2 Å². The summed E-state index contributed by atoms with van der Waals surface area (Å²) in [6.07, 6.45) is 8.19. The number of rotatable bonds is 12. The molecule has 6 heteroatoms. The molecule has 1 amide bonds. The third-order valence-electron chi connectivity index (χ3n) is 4.53. The normalized spacial score (nSPS) is 10.7. The molecule has 1 aromatic carbocycles. The number of para-hydroxylation sites is 1. The molecule has 2 rings (SSSR count). The van der Waals surface area contributed by atoms with Crippen molar-refractivity contribution in [3.8, 4) is 5.75 Å². The quantitative estimate of drug-likeness (QED) is 0.257. The number of ketones is 1. The van der Waals surface area contributed by atoms with E-state index in [4.69, 9.17) is 16.3 Å². The van der Waals surface area contributed by atoms with Crippen LogP contribution in [0.15, 0.2) is 30.3 Å². The molecular formula is C22H28ClNO3S. The number of thiophene rings is 1. The summed E-state index contributed by atoms with van der Waals surface area (Å²) < 4.78 is 5.32. The number of halogens is 1. The second-order valence-electron chi connectivity index (χ2n) is 6.68. The Morgan fingerprint density at radius 1 is 1.07 bits per heavy atom. The first-order chi connectivity index (χ1) is 13.6. The first kappa shape index (κ1) is 22.4. The van der Waals surface area contributed by atoms with Crippen LogP contribution in [0.25, 0.3) is 0 Å². The standard InChI is InChI=1S/C22H28ClNO3S/c1-3-4-5-6-7-8-11-16-14-18(22(28-16)24-20(25)15-23)21(26)17-12-9-10-13-19(17)27-2/h9-10,12-14H,3-8,11,15H2,1-2H3,(H,24,25). The second-order valence-corrected chi connectivity index (χ2v) is 8.09. The highest BCUT2D eigenvalue weighted by molar-refractivity contribution is 7.16. The van der Waals surface area contributed by atoms with Crippen LogP contribution in [0.2, 0.25) is 0 Å². The second kappa shape index (κ2) is 11.9. The van der Waals surface area contributed by atoms with Crippen molar-refractivity contribution in [1.82, 2.24) is 0 Å². The summed E-state index contributed by atoms with van der Waals surface area (Å²) in [5.41, 5.74) is 0.976. The van der Waals surface area contributed by atoms with Gasteiger partial charge in [-0.3, -0.25) is 9.59 Å². The van der Waals surface area contributed by atoms with Crippen molar-refractivity contribution in [3.63, 3.8) is 0 Å². The van der Waals surface area contributed by atoms with E-state index >= 15 is 0 Å². The Morgan fingerprint density at radius 2 is 1.79 bits per heavy atom. The van der Waals surface area contributed by atoms with Gasteiger partial charge in [0.15, 0.2) is 5.78 Å². The number of carbonyl (C=O) groups excluding carboxylic acids is 2. The van der Waals surface area contributed by atoms with Crippen LogP contribution in [0.3, 0.4) is 0 Å². The number of alkyl halides is 1. The van der Waals surface area contributed by atoms with E-state index in [1.807, 2.05) is 12.1 Å². The molecule has 0 radical (unpaired) electrons. The number of amides is 1. The lowest BCUT2D eigenvalue weighted by molar-refractivity contribution is -0.113. The summed E-state index contributed by atoms with van der Waals surface area (Å²) in [7, 11) is 1.54. The minimum absolute atomic E-state index is 0.146. The fraction of sp³-hybridized carbons (Fsp3) is 0.455. The van der Waals surface area contributed by atoms with Crippen LogP contribution in [-0.4, -0.2) is 24.7 Å². The number of methoxy groups -OCH3 is 1. The molecule has 0 fully saturated rings. The summed E-state index contributed by atoms with van der Waals surface area (Å²) in [4.78, 5) is 26.0. The van der Waals surface area contributed by atoms with Gasteiger partial charge in [-0.2, -0.15) is 0 Å². The summed E-state index contributed by atoms with van der Waals surface area (Å²) in [6.45, 7) is 2.21. The zero-order valence-corrected chi connectivity index (χ0v) is 18.1. The van der Waals surface area contributed by atoms with Crippen molar-refractivity contribution >= 4 is 39.6 Å². The maximum atomic E-state index is 13.1. The van der Waals surface area contributed by atoms with Gasteiger partial charge in [0, 0.05) is 4.88 Å². The summed E-state index contributed by atoms with van der Waals surface area (Å²) in [6, 6.07) is 9.02. The third-order valence-corrected chi connectivity index (χ3v) is 5.88. The molecule has 2 aromatic rings. The first-order valence-electron chi connectivity index (χ1n) is 9.77. The maximum absolute atomic E-state index is 13.1. The molecule has 1 N–H and O–H groups in total. The Bertz CT molecular complexity index is 788. The van der Waals surface area contributed by atoms with Gasteiger partial charge >= 0.3 is 0 Å². The number of carbonyl (C=O) groups is 2. The highest BCUT2D eigenvalue weighted by Gasteiger charge is 2.21. The molecule has 4 nitrogen and oxygen atoms in total. The molecule has 0 saturated carbocycles. The Balaban J connectivity index is 2.17. The van der Waals surface area contributed by atoms with E-state index in [9.17, 15) is 9.59 Å². The fourth-order valence-electron chi connectivity index (χ4n) is 3.04. The monoisotopic (exact) mass is 421 g/mol. The molecule has 1 heterocycles. The molecule has 0 aliphatic rings. The number of aryl methyl sites for hydroxylation is 1. The largest absolute Gasteiger partial charge is 0.496 e. The Morgan fingerprint density at radius 3 is 2.50 bits per heavy atom. The van der Waals surface area contributed by atoms with Crippen molar-refractivity contribution in [2.24, 2.45) is 0 Å². The predicted octanol–water partition coefficient (Wildman–Crippen LogP) is 6.07. The van der Waals surface area contributed by atoms with E-state index in [1.165, 1.54) is 43.4 Å². The number of unbranched alkanes of at least 4 members (excludes halogenated alkanes) is 5. The Labute approximate surface area is 176 Å². The van der Waals surface area contributed by atoms with E-state index in [0.717, 1.165) is 17.7 Å². The van der Waals surface area contributed by atoms with E-state index in [1.54, 1.807) is 25.3 Å². The van der Waals surface area contributed by atoms with Crippen molar-refractivity contribution in [2.75, 3.05) is 18.3 Å². The SMILES string of the molecule is CCCCCCCCc1cc(C(=O)c2ccccc2OC)c(NC(=O)CCl)s1. The van der Waals surface area contributed by atoms with Crippen LogP contribution in [0.5, 0.6) is 5.75 Å². The van der Waals surface area contributed by atoms with Crippen molar-refractivity contribution in [2.45, 2.75) is 51.9 Å². The lowest BCUT2D eigenvalue weighted by Gasteiger charge is -2.08. The molecular weight excluding hydrogens is 394 g/mol. The molecule has 0 spiro atoms. The van der Waals surface area contributed by atoms with Crippen molar-refractivity contribution in [3.05, 3.63) is 46.3 Å². The molecule has 152 valence electrons. The van der Waals surface area contributed by atoms with Gasteiger partial charge < -0.3 is 10.1 Å². The van der Waals surface area contributed by atoms with Gasteiger partial charge in [0.05, 0.1) is 18.2 Å². The molecule has 0 unspecified atom stereocenters. The van der Waals surface area contributed by atoms with E-state index < -0.39 is 0 Å². The number of benzene rings is 1. The number of hydrogen-bond acceptors (Lipinski definition) is 4. The van der Waals surface area contributed by atoms with Crippen LogP contribution in [0.4, 0.5) is 5.00 Å². The third kappa shape index (κ3) is 6.35. The highest BCUT2D eigenvalue weighted by Crippen LogP contribution is 2.33. The molecule has 0 saturated heterocycles. The van der Waals surface area contributed by atoms with Crippen molar-refractivity contribution in [1.29, 1.82) is 0 Å². The van der Waals surface area contributed by atoms with Gasteiger partial charge in [-0.25, -0.2) is 0 Å². The molecule has 0 atom stereocenters. The van der Waals surface area contributed by atoms with Crippen LogP contribution in [-0.2, 0) is 11.2 Å². The topological polar surface area (TPSA) is 55.4 Å². The van der Waals surface area contributed by atoms with Crippen molar-refractivity contribution < 1.29 is 14.3 Å². The summed E-state index contributed by atoms with van der Waals surface area (Å²) in [5, 5.41) is 3.33. The van der Waals surface area contributed by atoms with Crippen LogP contribution < -0.4 is 10.1 Å². The lowest BCUT2D eigenvalue weighted by Crippen LogP contribution is -2.14. The van der Waals surface area contributed by atoms with Gasteiger partial charge in [-0.05, 0) is 31.0 Å². The summed E-state index contributed by atoms with van der Waals surface area (Å²) in [5.74, 6) is -0.102. The molecule has 0 bridgehead atoms. The van der Waals surface area contributed by atoms with Gasteiger partial charge in [0.1, 0.15) is 16.6 Å². The average Bonchev–Trinajstić information content (AvgIpc) is 3.12. The van der Waals surface area contributed by atoms with Gasteiger partial charge in [0.25, 0.3) is 0 Å². The Kier molecular flexibility index (Phi) is 9.51. The lowest BCUT2D eigenvalue weighted by atomic mass is 10.0. The number of ether oxygens (including phenoxy) is 1. The molecule has 28 heavy (non-hydrogen) atoms. The average molecular weight is 422 g/mol. The molecule has 1 aromatic heterocycles. The fourth-order valence-corrected chi connectivity index (χ4v) is 4.22. The smallest absolute Gasteiger partial charge is 0.239 e. The number of anilines is 1. The summed E-state index contributed by atoms with van der Waals surface area (Å²) >= 11 is 7.09. The molecule has 0 aliphatic carbocycles. The van der Waals surface area contributed by atoms with Crippen LogP contribution >= 0.6 is 22.9 Å². The van der Waals surface area contributed by atoms with Gasteiger partial charge in [0.2, 0.25) is 5.91 Å². The maximum Gasteiger partial charge on any atom is 0.239 e. The van der Waals surface area contributed by atoms with Gasteiger partial charge in [-0.15, -0.1) is 22.9 Å². The van der Waals surface area contributed by atoms with E-state index in [-0.39, 0.29) is 17.6 Å². The van der Waals surface area contributed by atoms with Crippen LogP contribution in [0, 0.1) is 0 Å². The van der Waals surface area contributed by atoms with E-state index in [0.29, 0.717) is 21.9 Å². The number of nitrogens with one attached hydrogen (secondary N) is 1. The van der Waals surface area contributed by atoms with Crippen LogP contribution in [0.1, 0.15) is 66.2 Å². The van der Waals surface area contributed by atoms with Gasteiger partial charge in [-0.1, -0.05) is 51.2 Å². The number of hydrogen-bond donors (Lipinski definition) is 1.